The normalized spacial score (nSPS) is 26.3. The van der Waals surface area contributed by atoms with Crippen molar-refractivity contribution >= 4 is 10.9 Å². The molecule has 2 fully saturated rings. The third-order valence-electron chi connectivity index (χ3n) is 9.20. The second kappa shape index (κ2) is 9.71. The number of rotatable bonds is 5. The van der Waals surface area contributed by atoms with Crippen LogP contribution in [-0.2, 0) is 13.0 Å². The maximum Gasteiger partial charge on any atom is 0.0794 e. The molecule has 180 valence electrons. The number of aliphatic hydroxyl groups is 1. The van der Waals surface area contributed by atoms with Crippen molar-refractivity contribution in [3.8, 4) is 0 Å². The summed E-state index contributed by atoms with van der Waals surface area (Å²) in [6.07, 6.45) is 15.8. The van der Waals surface area contributed by atoms with Crippen molar-refractivity contribution in [1.29, 1.82) is 0 Å². The minimum absolute atomic E-state index is 0.234. The number of aliphatic hydroxyl groups excluding tert-OH is 1. The van der Waals surface area contributed by atoms with Crippen molar-refractivity contribution < 1.29 is 5.11 Å². The van der Waals surface area contributed by atoms with Crippen LogP contribution in [0.3, 0.4) is 0 Å². The van der Waals surface area contributed by atoms with Gasteiger partial charge in [-0.15, -0.1) is 0 Å². The molecule has 2 aliphatic carbocycles. The van der Waals surface area contributed by atoms with E-state index in [-0.39, 0.29) is 6.10 Å². The lowest BCUT2D eigenvalue weighted by Crippen LogP contribution is -2.46. The number of β-amino-alcohol motifs (C(OH)–C–C–N with tert-alkyl or cyclic N) is 1. The number of aryl methyl sites for hydroxylation is 1. The first-order chi connectivity index (χ1) is 16.3. The molecule has 0 radical (unpaired) electrons. The van der Waals surface area contributed by atoms with E-state index in [0.717, 1.165) is 32.1 Å². The molecule has 1 aromatic heterocycles. The van der Waals surface area contributed by atoms with Crippen LogP contribution in [0.1, 0.15) is 99.4 Å². The molecule has 4 heteroatoms. The van der Waals surface area contributed by atoms with E-state index in [2.05, 4.69) is 32.6 Å². The summed E-state index contributed by atoms with van der Waals surface area (Å²) in [7, 11) is 0. The predicted octanol–water partition coefficient (Wildman–Crippen LogP) is 5.62. The molecule has 33 heavy (non-hydrogen) atoms. The topological polar surface area (TPSA) is 31.6 Å². The monoisotopic (exact) mass is 449 g/mol. The van der Waals surface area contributed by atoms with Gasteiger partial charge in [0.25, 0.3) is 0 Å². The van der Waals surface area contributed by atoms with Crippen LogP contribution in [-0.4, -0.2) is 58.3 Å². The highest BCUT2D eigenvalue weighted by molar-refractivity contribution is 5.87. The molecular formula is C29H43N3O. The first-order valence-electron chi connectivity index (χ1n) is 14.1. The van der Waals surface area contributed by atoms with Gasteiger partial charge in [-0.3, -0.25) is 4.90 Å². The molecule has 4 aliphatic rings. The zero-order valence-corrected chi connectivity index (χ0v) is 20.5. The molecule has 6 rings (SSSR count). The first-order valence-corrected chi connectivity index (χ1v) is 14.1. The van der Waals surface area contributed by atoms with Crippen LogP contribution in [0.2, 0.25) is 0 Å². The third-order valence-corrected chi connectivity index (χ3v) is 9.20. The molecule has 2 aliphatic heterocycles. The van der Waals surface area contributed by atoms with E-state index < -0.39 is 0 Å². The Labute approximate surface area is 199 Å². The first kappa shape index (κ1) is 22.1. The maximum absolute atomic E-state index is 11.0. The average molecular weight is 450 g/mol. The van der Waals surface area contributed by atoms with Crippen molar-refractivity contribution in [3.05, 3.63) is 35.0 Å². The third kappa shape index (κ3) is 4.39. The second-order valence-electron chi connectivity index (χ2n) is 11.4. The van der Waals surface area contributed by atoms with Gasteiger partial charge in [0.15, 0.2) is 0 Å². The highest BCUT2D eigenvalue weighted by Gasteiger charge is 2.35. The maximum atomic E-state index is 11.0. The van der Waals surface area contributed by atoms with Gasteiger partial charge in [0.05, 0.1) is 12.1 Å². The van der Waals surface area contributed by atoms with Crippen molar-refractivity contribution in [2.45, 2.75) is 102 Å². The SMILES string of the molecule is OC(CN1CCCCCC1)CN1CCn2c3c(c4cc(C5CCCCC5)ccc42)CCCC31. The van der Waals surface area contributed by atoms with Gasteiger partial charge in [0, 0.05) is 42.8 Å². The summed E-state index contributed by atoms with van der Waals surface area (Å²) in [5.41, 5.74) is 6.28. The Balaban J connectivity index is 1.23. The molecule has 0 bridgehead atoms. The summed E-state index contributed by atoms with van der Waals surface area (Å²) in [6, 6.07) is 7.96. The molecule has 2 aromatic rings. The molecule has 0 spiro atoms. The number of benzene rings is 1. The molecule has 1 saturated heterocycles. The van der Waals surface area contributed by atoms with E-state index >= 15 is 0 Å². The lowest BCUT2D eigenvalue weighted by atomic mass is 9.83. The van der Waals surface area contributed by atoms with Crippen molar-refractivity contribution in [1.82, 2.24) is 14.4 Å². The fraction of sp³-hybridized carbons (Fsp3) is 0.724. The van der Waals surface area contributed by atoms with Gasteiger partial charge in [-0.25, -0.2) is 0 Å². The molecule has 1 N–H and O–H groups in total. The zero-order chi connectivity index (χ0) is 22.2. The van der Waals surface area contributed by atoms with Gasteiger partial charge in [0.1, 0.15) is 0 Å². The minimum Gasteiger partial charge on any atom is -0.390 e. The summed E-state index contributed by atoms with van der Waals surface area (Å²) in [6.45, 7) is 6.16. The van der Waals surface area contributed by atoms with Crippen LogP contribution < -0.4 is 0 Å². The van der Waals surface area contributed by atoms with Gasteiger partial charge < -0.3 is 14.6 Å². The van der Waals surface area contributed by atoms with E-state index in [0.29, 0.717) is 6.04 Å². The summed E-state index contributed by atoms with van der Waals surface area (Å²) < 4.78 is 2.65. The highest BCUT2D eigenvalue weighted by Crippen LogP contribution is 2.44. The Morgan fingerprint density at radius 1 is 0.818 bits per heavy atom. The number of nitrogens with zero attached hydrogens (tertiary/aromatic N) is 3. The lowest BCUT2D eigenvalue weighted by molar-refractivity contribution is 0.0426. The van der Waals surface area contributed by atoms with E-state index in [1.807, 2.05) is 0 Å². The number of likely N-dealkylation sites (tertiary alicyclic amines) is 1. The second-order valence-corrected chi connectivity index (χ2v) is 11.4. The van der Waals surface area contributed by atoms with Crippen LogP contribution in [0.15, 0.2) is 18.2 Å². The number of hydrogen-bond donors (Lipinski definition) is 1. The highest BCUT2D eigenvalue weighted by atomic mass is 16.3. The summed E-state index contributed by atoms with van der Waals surface area (Å²) >= 11 is 0. The molecule has 0 amide bonds. The van der Waals surface area contributed by atoms with Gasteiger partial charge in [0.2, 0.25) is 0 Å². The number of hydrogen-bond acceptors (Lipinski definition) is 3. The van der Waals surface area contributed by atoms with Crippen LogP contribution in [0, 0.1) is 0 Å². The molecule has 2 atom stereocenters. The molecule has 1 aromatic carbocycles. The molecule has 2 unspecified atom stereocenters. The van der Waals surface area contributed by atoms with Crippen molar-refractivity contribution in [2.75, 3.05) is 32.7 Å². The average Bonchev–Trinajstić information content (AvgIpc) is 2.98. The Hall–Kier alpha value is -1.36. The molecule has 4 nitrogen and oxygen atoms in total. The van der Waals surface area contributed by atoms with Gasteiger partial charge in [-0.05, 0) is 87.2 Å². The van der Waals surface area contributed by atoms with Gasteiger partial charge in [-0.2, -0.15) is 0 Å². The van der Waals surface area contributed by atoms with Crippen LogP contribution in [0.5, 0.6) is 0 Å². The lowest BCUT2D eigenvalue weighted by Gasteiger charge is -2.41. The Morgan fingerprint density at radius 2 is 1.61 bits per heavy atom. The molecule has 3 heterocycles. The van der Waals surface area contributed by atoms with Crippen molar-refractivity contribution in [2.24, 2.45) is 0 Å². The van der Waals surface area contributed by atoms with Gasteiger partial charge in [-0.1, -0.05) is 38.2 Å². The van der Waals surface area contributed by atoms with Gasteiger partial charge >= 0.3 is 0 Å². The van der Waals surface area contributed by atoms with E-state index in [1.165, 1.54) is 95.7 Å². The minimum atomic E-state index is -0.234. The standard InChI is InChI=1S/C29H43N3O/c33-24(20-30-15-6-1-2-7-16-30)21-31-17-18-32-27-14-13-23(22-9-4-3-5-10-22)19-26(27)25-11-8-12-28(31)29(25)32/h13-14,19,22,24,28,33H,1-12,15-18,20-21H2. The fourth-order valence-electron chi connectivity index (χ4n) is 7.55. The molecule has 1 saturated carbocycles. The predicted molar refractivity (Wildman–Crippen MR) is 136 cm³/mol. The van der Waals surface area contributed by atoms with Crippen molar-refractivity contribution in [3.63, 3.8) is 0 Å². The van der Waals surface area contributed by atoms with Crippen LogP contribution in [0.25, 0.3) is 10.9 Å². The summed E-state index contributed by atoms with van der Waals surface area (Å²) in [5, 5.41) is 12.6. The Bertz CT molecular complexity index is 951. The van der Waals surface area contributed by atoms with Crippen LogP contribution in [0.4, 0.5) is 0 Å². The fourth-order valence-corrected chi connectivity index (χ4v) is 7.55. The Kier molecular flexibility index (Phi) is 6.51. The Morgan fingerprint density at radius 3 is 2.42 bits per heavy atom. The largest absolute Gasteiger partial charge is 0.390 e. The van der Waals surface area contributed by atoms with E-state index in [1.54, 1.807) is 22.2 Å². The molecular weight excluding hydrogens is 406 g/mol. The zero-order valence-electron chi connectivity index (χ0n) is 20.5. The number of aromatic nitrogens is 1. The summed E-state index contributed by atoms with van der Waals surface area (Å²) in [4.78, 5) is 5.14. The smallest absolute Gasteiger partial charge is 0.0794 e. The summed E-state index contributed by atoms with van der Waals surface area (Å²) in [5.74, 6) is 0.775. The van der Waals surface area contributed by atoms with E-state index in [9.17, 15) is 5.11 Å². The van der Waals surface area contributed by atoms with E-state index in [4.69, 9.17) is 0 Å². The van der Waals surface area contributed by atoms with Crippen LogP contribution >= 0.6 is 0 Å². The number of fused-ring (bicyclic) bond motifs is 3. The quantitative estimate of drug-likeness (QED) is 0.643.